The third-order valence-electron chi connectivity index (χ3n) is 3.73. The van der Waals surface area contributed by atoms with Crippen molar-refractivity contribution in [2.24, 2.45) is 0 Å². The molecule has 0 amide bonds. The fourth-order valence-corrected chi connectivity index (χ4v) is 4.13. The molecule has 0 heterocycles. The predicted molar refractivity (Wildman–Crippen MR) is 104 cm³/mol. The van der Waals surface area contributed by atoms with E-state index in [1.807, 2.05) is 6.92 Å². The topological polar surface area (TPSA) is 63.7 Å². The number of nitrogens with zero attached hydrogens (tertiary/aromatic N) is 1. The quantitative estimate of drug-likeness (QED) is 0.391. The van der Waals surface area contributed by atoms with Crippen molar-refractivity contribution in [3.8, 4) is 0 Å². The van der Waals surface area contributed by atoms with Gasteiger partial charge in [0, 0.05) is 12.1 Å². The number of carbonyl (C=O) groups is 1. The van der Waals surface area contributed by atoms with E-state index in [-0.39, 0.29) is 17.0 Å². The summed E-state index contributed by atoms with van der Waals surface area (Å²) in [6, 6.07) is 5.88. The summed E-state index contributed by atoms with van der Waals surface area (Å²) in [4.78, 5) is 12.6. The highest BCUT2D eigenvalue weighted by Gasteiger charge is 2.34. The van der Waals surface area contributed by atoms with Gasteiger partial charge in [0.2, 0.25) is 10.0 Å². The maximum Gasteiger partial charge on any atom is 0.335 e. The number of benzene rings is 1. The lowest BCUT2D eigenvalue weighted by atomic mass is 10.1. The van der Waals surface area contributed by atoms with E-state index >= 15 is 0 Å². The molecule has 0 radical (unpaired) electrons. The minimum absolute atomic E-state index is 0.0660. The van der Waals surface area contributed by atoms with Crippen LogP contribution in [-0.4, -0.2) is 36.9 Å². The van der Waals surface area contributed by atoms with Crippen molar-refractivity contribution < 1.29 is 17.9 Å². The summed E-state index contributed by atoms with van der Waals surface area (Å²) in [7, 11) is -3.82. The van der Waals surface area contributed by atoms with Crippen molar-refractivity contribution in [3.63, 3.8) is 0 Å². The van der Waals surface area contributed by atoms with Gasteiger partial charge in [-0.3, -0.25) is 0 Å². The van der Waals surface area contributed by atoms with Gasteiger partial charge in [-0.15, -0.1) is 6.58 Å². The van der Waals surface area contributed by atoms with E-state index in [2.05, 4.69) is 13.2 Å². The molecule has 0 bridgehead atoms. The number of sulfonamides is 1. The van der Waals surface area contributed by atoms with Crippen LogP contribution < -0.4 is 0 Å². The zero-order chi connectivity index (χ0) is 20.1. The molecule has 0 aliphatic rings. The minimum atomic E-state index is -3.82. The Labute approximate surface area is 157 Å². The van der Waals surface area contributed by atoms with Crippen molar-refractivity contribution >= 4 is 16.0 Å². The summed E-state index contributed by atoms with van der Waals surface area (Å²) in [5.41, 5.74) is 0.390. The molecule has 0 saturated carbocycles. The van der Waals surface area contributed by atoms with Crippen LogP contribution in [0, 0.1) is 6.92 Å². The summed E-state index contributed by atoms with van der Waals surface area (Å²) in [6.07, 6.45) is 1.88. The van der Waals surface area contributed by atoms with Crippen LogP contribution in [0.1, 0.15) is 39.7 Å². The Morgan fingerprint density at radius 2 is 1.81 bits per heavy atom. The smallest absolute Gasteiger partial charge is 0.335 e. The first kappa shape index (κ1) is 22.1. The molecule has 0 aliphatic carbocycles. The van der Waals surface area contributed by atoms with Crippen molar-refractivity contribution in [1.29, 1.82) is 0 Å². The summed E-state index contributed by atoms with van der Waals surface area (Å²) in [5.74, 6) is -0.600. The molecule has 5 nitrogen and oxygen atoms in total. The number of carbonyl (C=O) groups excluding carboxylic acids is 1. The third-order valence-corrected chi connectivity index (χ3v) is 5.62. The molecule has 0 saturated heterocycles. The fraction of sp³-hybridized carbons (Fsp3) is 0.450. The molecule has 1 aromatic rings. The Balaban J connectivity index is 3.27. The van der Waals surface area contributed by atoms with Crippen molar-refractivity contribution in [2.75, 3.05) is 6.54 Å². The number of ether oxygens (including phenoxy) is 1. The molecule has 0 N–H and O–H groups in total. The summed E-state index contributed by atoms with van der Waals surface area (Å²) in [6.45, 7) is 16.5. The van der Waals surface area contributed by atoms with Crippen LogP contribution in [0.4, 0.5) is 0 Å². The van der Waals surface area contributed by atoms with E-state index in [1.54, 1.807) is 52.0 Å². The average molecular weight is 380 g/mol. The fourth-order valence-electron chi connectivity index (χ4n) is 2.47. The summed E-state index contributed by atoms with van der Waals surface area (Å²) in [5, 5.41) is 0. The standard InChI is InChI=1S/C20H29NO4S/c1-8-14-21(26(23,24)17-12-10-15(3)11-13-17)18(9-2)16(4)19(22)25-20(5,6)7/h8,10-13,18H,1,4,9,14H2,2-3,5-7H3/t18-/m0/s1. The third kappa shape index (κ3) is 5.54. The predicted octanol–water partition coefficient (Wildman–Crippen LogP) is 3.85. The lowest BCUT2D eigenvalue weighted by Gasteiger charge is -2.31. The molecule has 26 heavy (non-hydrogen) atoms. The van der Waals surface area contributed by atoms with Gasteiger partial charge < -0.3 is 4.74 Å². The molecule has 0 unspecified atom stereocenters. The molecule has 0 fully saturated rings. The number of aryl methyl sites for hydroxylation is 1. The number of esters is 1. The van der Waals surface area contributed by atoms with E-state index in [0.29, 0.717) is 6.42 Å². The minimum Gasteiger partial charge on any atom is -0.457 e. The Hall–Kier alpha value is -1.92. The zero-order valence-corrected chi connectivity index (χ0v) is 17.1. The molecular weight excluding hydrogens is 350 g/mol. The lowest BCUT2D eigenvalue weighted by Crippen LogP contribution is -2.43. The maximum absolute atomic E-state index is 13.1. The van der Waals surface area contributed by atoms with E-state index in [0.717, 1.165) is 5.56 Å². The zero-order valence-electron chi connectivity index (χ0n) is 16.3. The Bertz CT molecular complexity index is 758. The Morgan fingerprint density at radius 1 is 1.27 bits per heavy atom. The second-order valence-corrected chi connectivity index (χ2v) is 9.02. The maximum atomic E-state index is 13.1. The molecule has 1 aromatic carbocycles. The van der Waals surface area contributed by atoms with Crippen LogP contribution in [0.25, 0.3) is 0 Å². The SMILES string of the molecule is C=CCN([C@@H](CC)C(=C)C(=O)OC(C)(C)C)S(=O)(=O)c1ccc(C)cc1. The summed E-state index contributed by atoms with van der Waals surface area (Å²) >= 11 is 0. The highest BCUT2D eigenvalue weighted by molar-refractivity contribution is 7.89. The number of hydrogen-bond acceptors (Lipinski definition) is 4. The molecule has 144 valence electrons. The van der Waals surface area contributed by atoms with Crippen molar-refractivity contribution in [2.45, 2.75) is 57.6 Å². The van der Waals surface area contributed by atoms with E-state index in [9.17, 15) is 13.2 Å². The molecular formula is C20H29NO4S. The van der Waals surface area contributed by atoms with Gasteiger partial charge in [-0.2, -0.15) is 4.31 Å². The van der Waals surface area contributed by atoms with Gasteiger partial charge >= 0.3 is 5.97 Å². The van der Waals surface area contributed by atoms with Crippen LogP contribution in [0.5, 0.6) is 0 Å². The molecule has 6 heteroatoms. The second-order valence-electron chi connectivity index (χ2n) is 7.13. The van der Waals surface area contributed by atoms with Gasteiger partial charge in [-0.1, -0.05) is 37.3 Å². The highest BCUT2D eigenvalue weighted by Crippen LogP contribution is 2.25. The van der Waals surface area contributed by atoms with Gasteiger partial charge in [0.1, 0.15) is 5.60 Å². The van der Waals surface area contributed by atoms with Gasteiger partial charge in [0.25, 0.3) is 0 Å². The van der Waals surface area contributed by atoms with Crippen LogP contribution in [0.15, 0.2) is 54.0 Å². The lowest BCUT2D eigenvalue weighted by molar-refractivity contribution is -0.150. The van der Waals surface area contributed by atoms with Crippen LogP contribution in [-0.2, 0) is 19.6 Å². The monoisotopic (exact) mass is 379 g/mol. The Morgan fingerprint density at radius 3 is 2.23 bits per heavy atom. The average Bonchev–Trinajstić information content (AvgIpc) is 2.53. The first-order valence-electron chi connectivity index (χ1n) is 8.55. The molecule has 1 rings (SSSR count). The van der Waals surface area contributed by atoms with Crippen molar-refractivity contribution in [3.05, 3.63) is 54.6 Å². The van der Waals surface area contributed by atoms with Gasteiger partial charge in [-0.05, 0) is 46.2 Å². The number of hydrogen-bond donors (Lipinski definition) is 0. The molecule has 1 atom stereocenters. The largest absolute Gasteiger partial charge is 0.457 e. The van der Waals surface area contributed by atoms with Crippen LogP contribution >= 0.6 is 0 Å². The first-order valence-corrected chi connectivity index (χ1v) is 9.99. The molecule has 0 aliphatic heterocycles. The second kappa shape index (κ2) is 8.64. The first-order chi connectivity index (χ1) is 11.9. The van der Waals surface area contributed by atoms with E-state index in [4.69, 9.17) is 4.74 Å². The van der Waals surface area contributed by atoms with Gasteiger partial charge in [0.05, 0.1) is 10.9 Å². The molecule has 0 spiro atoms. The van der Waals surface area contributed by atoms with Crippen LogP contribution in [0.2, 0.25) is 0 Å². The Kier molecular flexibility index (Phi) is 7.35. The summed E-state index contributed by atoms with van der Waals surface area (Å²) < 4.78 is 32.9. The van der Waals surface area contributed by atoms with Crippen molar-refractivity contribution in [1.82, 2.24) is 4.31 Å². The van der Waals surface area contributed by atoms with E-state index < -0.39 is 27.6 Å². The number of rotatable bonds is 8. The van der Waals surface area contributed by atoms with E-state index in [1.165, 1.54) is 10.4 Å². The highest BCUT2D eigenvalue weighted by atomic mass is 32.2. The normalized spacial score (nSPS) is 13.3. The van der Waals surface area contributed by atoms with Gasteiger partial charge in [-0.25, -0.2) is 13.2 Å². The molecule has 0 aromatic heterocycles. The van der Waals surface area contributed by atoms with Crippen LogP contribution in [0.3, 0.4) is 0 Å². The van der Waals surface area contributed by atoms with Gasteiger partial charge in [0.15, 0.2) is 0 Å².